The van der Waals surface area contributed by atoms with E-state index in [2.05, 4.69) is 11.4 Å². The van der Waals surface area contributed by atoms with Crippen LogP contribution < -0.4 is 9.62 Å². The lowest BCUT2D eigenvalue weighted by Crippen LogP contribution is -2.24. The molecule has 0 radical (unpaired) electrons. The molecule has 0 saturated heterocycles. The van der Waals surface area contributed by atoms with Crippen molar-refractivity contribution in [1.29, 1.82) is 5.26 Å². The van der Waals surface area contributed by atoms with Crippen molar-refractivity contribution in [2.75, 3.05) is 10.8 Å². The molecule has 0 aliphatic heterocycles. The van der Waals surface area contributed by atoms with E-state index >= 15 is 0 Å². The second-order valence-corrected chi connectivity index (χ2v) is 9.76. The molecular weight excluding hydrogens is 517 g/mol. The molecular formula is C27H19Cl2N3O3S. The first-order chi connectivity index (χ1) is 17.3. The molecule has 0 fully saturated rings. The van der Waals surface area contributed by atoms with Crippen LogP contribution in [0.15, 0.2) is 83.8 Å². The monoisotopic (exact) mass is 535 g/mol. The van der Waals surface area contributed by atoms with Gasteiger partial charge in [0.15, 0.2) is 0 Å². The van der Waals surface area contributed by atoms with Gasteiger partial charge in [-0.25, -0.2) is 0 Å². The molecule has 0 bridgehead atoms. The van der Waals surface area contributed by atoms with Gasteiger partial charge in [-0.1, -0.05) is 59.6 Å². The van der Waals surface area contributed by atoms with E-state index in [1.54, 1.807) is 65.0 Å². The Morgan fingerprint density at radius 2 is 1.61 bits per heavy atom. The largest absolute Gasteiger partial charge is 0.480 e. The van der Waals surface area contributed by atoms with Crippen LogP contribution in [0.5, 0.6) is 0 Å². The Bertz CT molecular complexity index is 1470. The molecule has 36 heavy (non-hydrogen) atoms. The van der Waals surface area contributed by atoms with E-state index in [4.69, 9.17) is 28.5 Å². The zero-order valence-corrected chi connectivity index (χ0v) is 21.1. The number of carboxylic acid groups (broad SMARTS) is 1. The first-order valence-electron chi connectivity index (χ1n) is 10.8. The minimum atomic E-state index is -1.01. The Morgan fingerprint density at radius 1 is 0.944 bits per heavy atom. The summed E-state index contributed by atoms with van der Waals surface area (Å²) in [6, 6.07) is 24.9. The third-order valence-corrected chi connectivity index (χ3v) is 6.71. The number of fused-ring (bicyclic) bond motifs is 1. The van der Waals surface area contributed by atoms with Crippen LogP contribution in [0.2, 0.25) is 10.0 Å². The average molecular weight is 536 g/mol. The summed E-state index contributed by atoms with van der Waals surface area (Å²) in [7, 11) is 0. The smallest absolute Gasteiger partial charge is 0.324 e. The lowest BCUT2D eigenvalue weighted by Gasteiger charge is -2.23. The Morgan fingerprint density at radius 3 is 2.28 bits per heavy atom. The van der Waals surface area contributed by atoms with Crippen molar-refractivity contribution < 1.29 is 14.7 Å². The molecule has 1 amide bonds. The van der Waals surface area contributed by atoms with Gasteiger partial charge < -0.3 is 14.7 Å². The SMILES string of the molecule is N#Cc1ccc(CNC(=O)c2cccc3c(N(CC(=O)O)Sc4cc(Cl)cc(Cl)c4)cccc23)cc1. The van der Waals surface area contributed by atoms with Gasteiger partial charge in [0.05, 0.1) is 17.3 Å². The molecule has 0 saturated carbocycles. The maximum Gasteiger partial charge on any atom is 0.324 e. The molecule has 4 rings (SSSR count). The number of halogens is 2. The van der Waals surface area contributed by atoms with E-state index in [-0.39, 0.29) is 12.5 Å². The zero-order chi connectivity index (χ0) is 25.7. The molecule has 0 spiro atoms. The zero-order valence-electron chi connectivity index (χ0n) is 18.7. The van der Waals surface area contributed by atoms with Crippen LogP contribution in [0.25, 0.3) is 10.8 Å². The number of nitrogens with one attached hydrogen (secondary N) is 1. The molecule has 0 aromatic heterocycles. The molecule has 0 unspecified atom stereocenters. The number of nitrogens with zero attached hydrogens (tertiary/aromatic N) is 2. The summed E-state index contributed by atoms with van der Waals surface area (Å²) in [5, 5.41) is 23.7. The van der Waals surface area contributed by atoms with E-state index in [1.165, 1.54) is 11.9 Å². The number of rotatable bonds is 8. The van der Waals surface area contributed by atoms with Crippen molar-refractivity contribution in [3.05, 3.63) is 106 Å². The highest BCUT2D eigenvalue weighted by molar-refractivity contribution is 8.00. The van der Waals surface area contributed by atoms with E-state index in [0.717, 1.165) is 10.9 Å². The van der Waals surface area contributed by atoms with Gasteiger partial charge in [0.1, 0.15) is 6.54 Å². The van der Waals surface area contributed by atoms with Crippen LogP contribution in [0.3, 0.4) is 0 Å². The van der Waals surface area contributed by atoms with Crippen molar-refractivity contribution in [1.82, 2.24) is 5.32 Å². The Hall–Kier alpha value is -3.70. The highest BCUT2D eigenvalue weighted by Crippen LogP contribution is 2.37. The van der Waals surface area contributed by atoms with Crippen molar-refractivity contribution in [2.24, 2.45) is 0 Å². The van der Waals surface area contributed by atoms with Gasteiger partial charge in [-0.05, 0) is 65.4 Å². The van der Waals surface area contributed by atoms with Gasteiger partial charge in [-0.2, -0.15) is 5.26 Å². The van der Waals surface area contributed by atoms with Gasteiger partial charge in [-0.15, -0.1) is 0 Å². The number of nitriles is 1. The van der Waals surface area contributed by atoms with Gasteiger partial charge in [0.2, 0.25) is 0 Å². The first kappa shape index (κ1) is 25.4. The van der Waals surface area contributed by atoms with E-state index in [0.29, 0.717) is 43.7 Å². The standard InChI is InChI=1S/C27H19Cl2N3O3S/c28-19-11-20(29)13-21(12-19)36-32(16-26(33)34)25-6-2-3-22-23(25)4-1-5-24(22)27(35)31-15-18-9-7-17(14-30)8-10-18/h1-13H,15-16H2,(H,31,35)(H,33,34). The average Bonchev–Trinajstić information content (AvgIpc) is 2.85. The summed E-state index contributed by atoms with van der Waals surface area (Å²) in [5.74, 6) is -1.27. The fourth-order valence-corrected chi connectivity index (χ4v) is 5.38. The lowest BCUT2D eigenvalue weighted by atomic mass is 10.0. The normalized spacial score (nSPS) is 10.6. The Balaban J connectivity index is 1.65. The summed E-state index contributed by atoms with van der Waals surface area (Å²) in [4.78, 5) is 25.4. The predicted octanol–water partition coefficient (Wildman–Crippen LogP) is 6.55. The summed E-state index contributed by atoms with van der Waals surface area (Å²) in [6.45, 7) is 0.0141. The number of amides is 1. The van der Waals surface area contributed by atoms with Gasteiger partial charge in [0.25, 0.3) is 5.91 Å². The van der Waals surface area contributed by atoms with Crippen LogP contribution in [-0.4, -0.2) is 23.5 Å². The maximum absolute atomic E-state index is 13.1. The fraction of sp³-hybridized carbons (Fsp3) is 0.0741. The second-order valence-electron chi connectivity index (χ2n) is 7.80. The molecule has 0 aliphatic carbocycles. The molecule has 4 aromatic rings. The fourth-order valence-electron chi connectivity index (χ4n) is 3.68. The third-order valence-electron chi connectivity index (χ3n) is 5.28. The third kappa shape index (κ3) is 6.10. The molecule has 9 heteroatoms. The van der Waals surface area contributed by atoms with Crippen LogP contribution in [0.4, 0.5) is 5.69 Å². The van der Waals surface area contributed by atoms with Gasteiger partial charge in [-0.3, -0.25) is 9.59 Å². The number of benzene rings is 4. The van der Waals surface area contributed by atoms with E-state index in [9.17, 15) is 14.7 Å². The van der Waals surface area contributed by atoms with Crippen LogP contribution in [0, 0.1) is 11.3 Å². The van der Waals surface area contributed by atoms with Crippen molar-refractivity contribution >= 4 is 63.5 Å². The van der Waals surface area contributed by atoms with Crippen LogP contribution >= 0.6 is 35.1 Å². The van der Waals surface area contributed by atoms with Crippen LogP contribution in [-0.2, 0) is 11.3 Å². The van der Waals surface area contributed by atoms with Crippen molar-refractivity contribution in [3.63, 3.8) is 0 Å². The highest BCUT2D eigenvalue weighted by atomic mass is 35.5. The summed E-state index contributed by atoms with van der Waals surface area (Å²) in [5.41, 5.74) is 2.52. The topological polar surface area (TPSA) is 93.4 Å². The number of hydrogen-bond acceptors (Lipinski definition) is 5. The number of anilines is 1. The Kier molecular flexibility index (Phi) is 8.01. The van der Waals surface area contributed by atoms with Gasteiger partial charge in [0, 0.05) is 32.4 Å². The molecule has 6 nitrogen and oxygen atoms in total. The number of aliphatic carboxylic acids is 1. The summed E-state index contributed by atoms with van der Waals surface area (Å²) in [6.07, 6.45) is 0. The minimum absolute atomic E-state index is 0.263. The van der Waals surface area contributed by atoms with Crippen molar-refractivity contribution in [2.45, 2.75) is 11.4 Å². The quantitative estimate of drug-likeness (QED) is 0.248. The number of carbonyl (C=O) groups is 2. The van der Waals surface area contributed by atoms with Crippen LogP contribution in [0.1, 0.15) is 21.5 Å². The molecule has 2 N–H and O–H groups in total. The maximum atomic E-state index is 13.1. The molecule has 0 atom stereocenters. The Labute approximate surface area is 222 Å². The van der Waals surface area contributed by atoms with E-state index < -0.39 is 5.97 Å². The number of hydrogen-bond donors (Lipinski definition) is 2. The molecule has 0 heterocycles. The van der Waals surface area contributed by atoms with E-state index in [1.807, 2.05) is 18.2 Å². The lowest BCUT2D eigenvalue weighted by molar-refractivity contribution is -0.135. The number of carboxylic acids is 1. The second kappa shape index (κ2) is 11.4. The minimum Gasteiger partial charge on any atom is -0.480 e. The number of carbonyl (C=O) groups excluding carboxylic acids is 1. The highest BCUT2D eigenvalue weighted by Gasteiger charge is 2.18. The summed E-state index contributed by atoms with van der Waals surface area (Å²) < 4.78 is 1.63. The molecule has 180 valence electrons. The predicted molar refractivity (Wildman–Crippen MR) is 144 cm³/mol. The molecule has 0 aliphatic rings. The van der Waals surface area contributed by atoms with Gasteiger partial charge >= 0.3 is 5.97 Å². The molecule has 4 aromatic carbocycles. The van der Waals surface area contributed by atoms with Crippen molar-refractivity contribution in [3.8, 4) is 6.07 Å². The first-order valence-corrected chi connectivity index (χ1v) is 12.3. The summed E-state index contributed by atoms with van der Waals surface area (Å²) >= 11 is 13.5.